The molecule has 64 heavy (non-hydrogen) atoms. The highest BCUT2D eigenvalue weighted by atomic mass is 15.2. The first kappa shape index (κ1) is 40.0. The lowest BCUT2D eigenvalue weighted by Crippen LogP contribution is -2.66. The summed E-state index contributed by atoms with van der Waals surface area (Å²) in [6.07, 6.45) is 11.0. The summed E-state index contributed by atoms with van der Waals surface area (Å²) < 4.78 is 0. The Morgan fingerprint density at radius 2 is 1.09 bits per heavy atom. The van der Waals surface area contributed by atoms with E-state index in [1.54, 1.807) is 0 Å². The Kier molecular flexibility index (Phi) is 7.98. The molecule has 0 spiro atoms. The molecule has 10 aliphatic rings. The highest BCUT2D eigenvalue weighted by Crippen LogP contribution is 2.74. The molecule has 4 heteroatoms. The van der Waals surface area contributed by atoms with Crippen LogP contribution in [-0.4, -0.2) is 11.7 Å². The van der Waals surface area contributed by atoms with Gasteiger partial charge in [-0.05, 0) is 202 Å². The Morgan fingerprint density at radius 3 is 1.72 bits per heavy atom. The van der Waals surface area contributed by atoms with Gasteiger partial charge < -0.3 is 4.90 Å². The summed E-state index contributed by atoms with van der Waals surface area (Å²) in [5.41, 5.74) is 19.6. The molecule has 5 aromatic rings. The number of hydrogen-bond donors (Lipinski definition) is 0. The van der Waals surface area contributed by atoms with Crippen LogP contribution in [0.15, 0.2) is 84.9 Å². The van der Waals surface area contributed by atoms with Crippen molar-refractivity contribution in [2.45, 2.75) is 155 Å². The van der Waals surface area contributed by atoms with Gasteiger partial charge in [-0.15, -0.1) is 0 Å². The van der Waals surface area contributed by atoms with Crippen molar-refractivity contribution in [1.29, 1.82) is 0 Å². The molecule has 2 aliphatic heterocycles. The minimum absolute atomic E-state index is 0.00863. The normalized spacial score (nSPS) is 30.6. The number of rotatable bonds is 3. The average Bonchev–Trinajstić information content (AvgIpc) is 3.25. The summed E-state index contributed by atoms with van der Waals surface area (Å²) >= 11 is 0. The van der Waals surface area contributed by atoms with Crippen LogP contribution in [0.3, 0.4) is 0 Å². The van der Waals surface area contributed by atoms with Crippen molar-refractivity contribution in [3.63, 3.8) is 0 Å². The van der Waals surface area contributed by atoms with E-state index in [1.165, 1.54) is 130 Å². The zero-order chi connectivity index (χ0) is 44.2. The van der Waals surface area contributed by atoms with E-state index < -0.39 is 0 Å². The maximum absolute atomic E-state index is 6.26. The maximum Gasteiger partial charge on any atom is 0.254 e. The van der Waals surface area contributed by atoms with E-state index in [-0.39, 0.29) is 33.8 Å². The van der Waals surface area contributed by atoms with E-state index >= 15 is 0 Å². The third kappa shape index (κ3) is 5.44. The highest BCUT2D eigenvalue weighted by molar-refractivity contribution is 7.00. The van der Waals surface area contributed by atoms with Crippen LogP contribution < -0.4 is 26.2 Å². The van der Waals surface area contributed by atoms with Gasteiger partial charge in [0.25, 0.3) is 6.71 Å². The fourth-order valence-electron chi connectivity index (χ4n) is 16.3. The van der Waals surface area contributed by atoms with Gasteiger partial charge in [-0.2, -0.15) is 0 Å². The van der Waals surface area contributed by atoms with E-state index in [0.29, 0.717) is 0 Å². The van der Waals surface area contributed by atoms with E-state index in [0.717, 1.165) is 47.2 Å². The number of aryl methyl sites for hydroxylation is 1. The third-order valence-corrected chi connectivity index (χ3v) is 19.6. The fourth-order valence-corrected chi connectivity index (χ4v) is 16.3. The molecule has 0 N–H and O–H groups in total. The molecule has 7 fully saturated rings. The molecule has 8 bridgehead atoms. The van der Waals surface area contributed by atoms with Crippen LogP contribution in [-0.2, 0) is 27.1 Å². The largest absolute Gasteiger partial charge is 0.311 e. The Hall–Kier alpha value is -4.31. The number of hydrogen-bond acceptors (Lipinski definition) is 3. The molecular weight excluding hydrogens is 773 g/mol. The fraction of sp³-hybridized carbons (Fsp3) is 0.517. The molecule has 7 saturated carbocycles. The highest BCUT2D eigenvalue weighted by Gasteiger charge is 2.68. The van der Waals surface area contributed by atoms with Crippen molar-refractivity contribution in [3.8, 4) is 0 Å². The van der Waals surface area contributed by atoms with E-state index in [4.69, 9.17) is 4.98 Å². The minimum Gasteiger partial charge on any atom is -0.311 e. The van der Waals surface area contributed by atoms with E-state index in [2.05, 4.69) is 171 Å². The molecule has 3 nitrogen and oxygen atoms in total. The van der Waals surface area contributed by atoms with Crippen LogP contribution in [0.1, 0.15) is 154 Å². The van der Waals surface area contributed by atoms with Crippen LogP contribution in [0.5, 0.6) is 0 Å². The molecule has 3 heterocycles. The standard InChI is InChI=1S/C60H70BN3/c1-34-12-20-51-48(24-34)61-49-28-37(57(5,6)7)15-21-50(49)63(39-18-19-46-47(29-39)59(10,11)23-22-58(46,8)9)52-30-53(62-55(54(52)61)64(51)38-16-13-36(14-17-38)56(2,3)4)60-31-43-40-25-35-26-41(43)45(33-60)42(27-35)44(40)32-60/h12-21,24,28-30,35,40-45H,22-23,25-27,31-33H2,1-11H3/t35?,40-,41-,42?,43?,44?,45?,60-/m1/s1. The Balaban J connectivity index is 1.10. The summed E-state index contributed by atoms with van der Waals surface area (Å²) in [4.78, 5) is 11.6. The number of aromatic nitrogens is 1. The molecular formula is C60H70BN3. The van der Waals surface area contributed by atoms with Gasteiger partial charge >= 0.3 is 0 Å². The minimum atomic E-state index is 0.00863. The van der Waals surface area contributed by atoms with Crippen LogP contribution in [0.4, 0.5) is 34.3 Å². The van der Waals surface area contributed by atoms with E-state index in [9.17, 15) is 0 Å². The number of pyridine rings is 1. The van der Waals surface area contributed by atoms with Crippen molar-refractivity contribution in [1.82, 2.24) is 4.98 Å². The molecule has 0 saturated heterocycles. The topological polar surface area (TPSA) is 19.4 Å². The summed E-state index contributed by atoms with van der Waals surface area (Å²) in [6.45, 7) is 26.4. The van der Waals surface area contributed by atoms with E-state index in [1.807, 2.05) is 0 Å². The molecule has 8 aliphatic carbocycles. The summed E-state index contributed by atoms with van der Waals surface area (Å²) in [6, 6.07) is 34.6. The molecule has 0 radical (unpaired) electrons. The maximum atomic E-state index is 6.26. The van der Waals surface area contributed by atoms with Gasteiger partial charge in [-0.25, -0.2) is 4.98 Å². The van der Waals surface area contributed by atoms with Crippen molar-refractivity contribution in [2.75, 3.05) is 9.80 Å². The predicted octanol–water partition coefficient (Wildman–Crippen LogP) is 13.4. The molecule has 0 unspecified atom stereocenters. The molecule has 4 aromatic carbocycles. The number of anilines is 6. The first-order valence-corrected chi connectivity index (χ1v) is 25.5. The molecule has 328 valence electrons. The Bertz CT molecular complexity index is 2730. The second-order valence-electron chi connectivity index (χ2n) is 26.2. The van der Waals surface area contributed by atoms with Crippen molar-refractivity contribution in [3.05, 3.63) is 118 Å². The Morgan fingerprint density at radius 1 is 0.547 bits per heavy atom. The van der Waals surface area contributed by atoms with Crippen molar-refractivity contribution < 1.29 is 0 Å². The van der Waals surface area contributed by atoms with Gasteiger partial charge in [0.05, 0.1) is 5.69 Å². The van der Waals surface area contributed by atoms with Gasteiger partial charge in [0, 0.05) is 33.9 Å². The first-order valence-electron chi connectivity index (χ1n) is 25.5. The molecule has 1 aromatic heterocycles. The Labute approximate surface area is 384 Å². The number of fused-ring (bicyclic) bond motifs is 5. The number of benzene rings is 4. The average molecular weight is 844 g/mol. The van der Waals surface area contributed by atoms with Crippen LogP contribution in [0.25, 0.3) is 0 Å². The number of nitrogens with zero attached hydrogens (tertiary/aromatic N) is 3. The quantitative estimate of drug-likeness (QED) is 0.165. The lowest BCUT2D eigenvalue weighted by atomic mass is 9.32. The van der Waals surface area contributed by atoms with Crippen LogP contribution in [0, 0.1) is 48.3 Å². The van der Waals surface area contributed by atoms with Gasteiger partial charge in [0.15, 0.2) is 0 Å². The van der Waals surface area contributed by atoms with Crippen molar-refractivity contribution >= 4 is 57.4 Å². The summed E-state index contributed by atoms with van der Waals surface area (Å²) in [5, 5.41) is 0. The SMILES string of the molecule is Cc1ccc2c(c1)B1c3cc(C(C)(C)C)ccc3N(c3ccc4c(c3)C(C)(C)CCC4(C)C)c3cc([C@]45CC6C7CC8C[C@@H]6C(C4)[C@@H](C8)C7C5)nc(c31)N2c1ccc(C(C)(C)C)cc1. The molecule has 15 rings (SSSR count). The third-order valence-electron chi connectivity index (χ3n) is 19.6. The zero-order valence-corrected chi connectivity index (χ0v) is 40.7. The summed E-state index contributed by atoms with van der Waals surface area (Å²) in [5.74, 6) is 7.71. The first-order chi connectivity index (χ1) is 30.3. The predicted molar refractivity (Wildman–Crippen MR) is 269 cm³/mol. The zero-order valence-electron chi connectivity index (χ0n) is 40.7. The van der Waals surface area contributed by atoms with Gasteiger partial charge in [0.2, 0.25) is 0 Å². The summed E-state index contributed by atoms with van der Waals surface area (Å²) in [7, 11) is 0. The van der Waals surface area contributed by atoms with Crippen molar-refractivity contribution in [2.24, 2.45) is 41.4 Å². The lowest BCUT2D eigenvalue weighted by Gasteiger charge is -2.72. The smallest absolute Gasteiger partial charge is 0.254 e. The second kappa shape index (κ2) is 12.8. The molecule has 0 amide bonds. The second-order valence-corrected chi connectivity index (χ2v) is 26.2. The molecule has 0 atom stereocenters. The van der Waals surface area contributed by atoms with Gasteiger partial charge in [-0.1, -0.05) is 117 Å². The van der Waals surface area contributed by atoms with Gasteiger partial charge in [-0.3, -0.25) is 4.90 Å². The monoisotopic (exact) mass is 844 g/mol. The van der Waals surface area contributed by atoms with Gasteiger partial charge in [0.1, 0.15) is 5.82 Å². The van der Waals surface area contributed by atoms with Crippen LogP contribution in [0.2, 0.25) is 0 Å². The lowest BCUT2D eigenvalue weighted by molar-refractivity contribution is -0.213. The van der Waals surface area contributed by atoms with Crippen LogP contribution >= 0.6 is 0 Å².